The largest absolute Gasteiger partial charge is 0.478 e. The first-order valence-electron chi connectivity index (χ1n) is 8.56. The second-order valence-corrected chi connectivity index (χ2v) is 6.68. The number of hydrogen-bond donors (Lipinski definition) is 2. The standard InChI is InChI=1S/C21H21NO2/c1-2-13-6-11-19-18(12-13)16-4-3-5-17(16)20(22-19)14-7-9-15(10-8-14)21(23)24/h3-4,6-12,16-17,20,22H,2,5H2,1H3,(H,23,24)/t16?,17?,20-/m1/s1. The van der Waals surface area contributed by atoms with Crippen molar-refractivity contribution in [1.29, 1.82) is 0 Å². The molecule has 0 spiro atoms. The number of hydrogen-bond acceptors (Lipinski definition) is 2. The molecule has 24 heavy (non-hydrogen) atoms. The Morgan fingerprint density at radius 2 is 2.00 bits per heavy atom. The Labute approximate surface area is 142 Å². The van der Waals surface area contributed by atoms with E-state index >= 15 is 0 Å². The topological polar surface area (TPSA) is 49.3 Å². The molecule has 3 nitrogen and oxygen atoms in total. The van der Waals surface area contributed by atoms with Crippen LogP contribution in [0.1, 0.15) is 52.4 Å². The maximum Gasteiger partial charge on any atom is 0.335 e. The first-order chi connectivity index (χ1) is 11.7. The van der Waals surface area contributed by atoms with Gasteiger partial charge in [-0.1, -0.05) is 43.3 Å². The van der Waals surface area contributed by atoms with Crippen molar-refractivity contribution < 1.29 is 9.90 Å². The number of nitrogens with one attached hydrogen (secondary N) is 1. The van der Waals surface area contributed by atoms with Crippen molar-refractivity contribution in [2.24, 2.45) is 5.92 Å². The SMILES string of the molecule is CCc1ccc2c(c1)C1C=CCC1[C@@H](c1ccc(C(=O)O)cc1)N2. The molecule has 2 aromatic carbocycles. The number of allylic oxidation sites excluding steroid dienone is 2. The van der Waals surface area contributed by atoms with Gasteiger partial charge in [0.15, 0.2) is 0 Å². The molecule has 2 N–H and O–H groups in total. The van der Waals surface area contributed by atoms with Gasteiger partial charge in [-0.25, -0.2) is 4.79 Å². The predicted octanol–water partition coefficient (Wildman–Crippen LogP) is 4.77. The van der Waals surface area contributed by atoms with Crippen molar-refractivity contribution in [2.45, 2.75) is 31.7 Å². The molecule has 0 fully saturated rings. The van der Waals surface area contributed by atoms with E-state index in [1.54, 1.807) is 12.1 Å². The number of carboxylic acid groups (broad SMARTS) is 1. The highest BCUT2D eigenvalue weighted by Crippen LogP contribution is 2.49. The van der Waals surface area contributed by atoms with Gasteiger partial charge in [0.05, 0.1) is 11.6 Å². The predicted molar refractivity (Wildman–Crippen MR) is 95.6 cm³/mol. The Morgan fingerprint density at radius 3 is 2.71 bits per heavy atom. The summed E-state index contributed by atoms with van der Waals surface area (Å²) in [5.41, 5.74) is 5.46. The minimum absolute atomic E-state index is 0.216. The molecule has 0 saturated carbocycles. The monoisotopic (exact) mass is 319 g/mol. The molecule has 1 heterocycles. The van der Waals surface area contributed by atoms with Crippen LogP contribution >= 0.6 is 0 Å². The van der Waals surface area contributed by atoms with E-state index in [2.05, 4.69) is 42.6 Å². The lowest BCUT2D eigenvalue weighted by Gasteiger charge is -2.37. The first kappa shape index (κ1) is 15.0. The summed E-state index contributed by atoms with van der Waals surface area (Å²) in [7, 11) is 0. The third kappa shape index (κ3) is 2.41. The zero-order valence-corrected chi connectivity index (χ0v) is 13.7. The van der Waals surface area contributed by atoms with Crippen molar-refractivity contribution in [3.63, 3.8) is 0 Å². The Hall–Kier alpha value is -2.55. The van der Waals surface area contributed by atoms with E-state index in [-0.39, 0.29) is 6.04 Å². The van der Waals surface area contributed by atoms with E-state index < -0.39 is 5.97 Å². The molecule has 0 saturated heterocycles. The van der Waals surface area contributed by atoms with Crippen LogP contribution in [0, 0.1) is 5.92 Å². The molecular formula is C21H21NO2. The number of anilines is 1. The number of benzene rings is 2. The highest BCUT2D eigenvalue weighted by atomic mass is 16.4. The summed E-state index contributed by atoms with van der Waals surface area (Å²) in [4.78, 5) is 11.1. The van der Waals surface area contributed by atoms with Crippen LogP contribution in [0.3, 0.4) is 0 Å². The smallest absolute Gasteiger partial charge is 0.335 e. The highest BCUT2D eigenvalue weighted by molar-refractivity contribution is 5.87. The molecule has 0 bridgehead atoms. The molecule has 0 aromatic heterocycles. The molecule has 0 radical (unpaired) electrons. The molecule has 122 valence electrons. The lowest BCUT2D eigenvalue weighted by Crippen LogP contribution is -2.29. The number of carbonyl (C=O) groups is 1. The molecule has 4 rings (SSSR count). The van der Waals surface area contributed by atoms with E-state index in [1.165, 1.54) is 16.8 Å². The third-order valence-electron chi connectivity index (χ3n) is 5.35. The van der Waals surface area contributed by atoms with E-state index in [9.17, 15) is 4.79 Å². The Bertz CT molecular complexity index is 807. The fourth-order valence-electron chi connectivity index (χ4n) is 4.03. The van der Waals surface area contributed by atoms with Crippen molar-refractivity contribution >= 4 is 11.7 Å². The maximum atomic E-state index is 11.1. The molecule has 3 heteroatoms. The van der Waals surface area contributed by atoms with Crippen molar-refractivity contribution in [2.75, 3.05) is 5.32 Å². The first-order valence-corrected chi connectivity index (χ1v) is 8.56. The molecule has 2 aromatic rings. The summed E-state index contributed by atoms with van der Waals surface area (Å²) in [6.45, 7) is 2.19. The van der Waals surface area contributed by atoms with Crippen molar-refractivity contribution in [3.8, 4) is 0 Å². The molecule has 1 aliphatic carbocycles. The average Bonchev–Trinajstić information content (AvgIpc) is 3.10. The number of rotatable bonds is 3. The second-order valence-electron chi connectivity index (χ2n) is 6.68. The fraction of sp³-hybridized carbons (Fsp3) is 0.286. The molecule has 1 aliphatic heterocycles. The van der Waals surface area contributed by atoms with Crippen molar-refractivity contribution in [3.05, 3.63) is 76.9 Å². The van der Waals surface area contributed by atoms with Gasteiger partial charge < -0.3 is 10.4 Å². The number of carboxylic acids is 1. The van der Waals surface area contributed by atoms with Crippen LogP contribution in [0.4, 0.5) is 5.69 Å². The minimum atomic E-state index is -0.879. The average molecular weight is 319 g/mol. The quantitative estimate of drug-likeness (QED) is 0.801. The van der Waals surface area contributed by atoms with Crippen LogP contribution in [-0.4, -0.2) is 11.1 Å². The number of fused-ring (bicyclic) bond motifs is 3. The van der Waals surface area contributed by atoms with E-state index in [0.717, 1.165) is 18.4 Å². The Morgan fingerprint density at radius 1 is 1.21 bits per heavy atom. The van der Waals surface area contributed by atoms with Gasteiger partial charge in [0.25, 0.3) is 0 Å². The van der Waals surface area contributed by atoms with Gasteiger partial charge in [0.2, 0.25) is 0 Å². The van der Waals surface area contributed by atoms with Gasteiger partial charge in [-0.3, -0.25) is 0 Å². The summed E-state index contributed by atoms with van der Waals surface area (Å²) in [6.07, 6.45) is 6.72. The third-order valence-corrected chi connectivity index (χ3v) is 5.35. The summed E-state index contributed by atoms with van der Waals surface area (Å²) in [5.74, 6) is 0.0492. The summed E-state index contributed by atoms with van der Waals surface area (Å²) >= 11 is 0. The van der Waals surface area contributed by atoms with Crippen LogP contribution in [0.2, 0.25) is 0 Å². The maximum absolute atomic E-state index is 11.1. The van der Waals surface area contributed by atoms with Gasteiger partial charge in [-0.05, 0) is 53.6 Å². The normalized spacial score (nSPS) is 24.1. The van der Waals surface area contributed by atoms with Crippen LogP contribution in [0.5, 0.6) is 0 Å². The number of aromatic carboxylic acids is 1. The summed E-state index contributed by atoms with van der Waals surface area (Å²) < 4.78 is 0. The van der Waals surface area contributed by atoms with Crippen LogP contribution in [0.15, 0.2) is 54.6 Å². The van der Waals surface area contributed by atoms with Gasteiger partial charge in [0, 0.05) is 11.6 Å². The van der Waals surface area contributed by atoms with Crippen LogP contribution < -0.4 is 5.32 Å². The van der Waals surface area contributed by atoms with E-state index in [4.69, 9.17) is 5.11 Å². The zero-order chi connectivity index (χ0) is 16.7. The van der Waals surface area contributed by atoms with Gasteiger partial charge >= 0.3 is 5.97 Å². The zero-order valence-electron chi connectivity index (χ0n) is 13.7. The molecule has 3 atom stereocenters. The molecular weight excluding hydrogens is 298 g/mol. The van der Waals surface area contributed by atoms with E-state index in [0.29, 0.717) is 17.4 Å². The van der Waals surface area contributed by atoms with Gasteiger partial charge in [-0.2, -0.15) is 0 Å². The van der Waals surface area contributed by atoms with Crippen LogP contribution in [0.25, 0.3) is 0 Å². The molecule has 2 unspecified atom stereocenters. The Balaban J connectivity index is 1.71. The van der Waals surface area contributed by atoms with E-state index in [1.807, 2.05) is 12.1 Å². The van der Waals surface area contributed by atoms with Crippen molar-refractivity contribution in [1.82, 2.24) is 0 Å². The van der Waals surface area contributed by atoms with Gasteiger partial charge in [-0.15, -0.1) is 0 Å². The lowest BCUT2D eigenvalue weighted by atomic mass is 9.76. The second kappa shape index (κ2) is 5.82. The number of aryl methyl sites for hydroxylation is 1. The lowest BCUT2D eigenvalue weighted by molar-refractivity contribution is 0.0697. The Kier molecular flexibility index (Phi) is 3.64. The highest BCUT2D eigenvalue weighted by Gasteiger charge is 2.37. The summed E-state index contributed by atoms with van der Waals surface area (Å²) in [6, 6.07) is 14.2. The van der Waals surface area contributed by atoms with Gasteiger partial charge in [0.1, 0.15) is 0 Å². The minimum Gasteiger partial charge on any atom is -0.478 e. The fourth-order valence-corrected chi connectivity index (χ4v) is 4.03. The molecule has 0 amide bonds. The summed E-state index contributed by atoms with van der Waals surface area (Å²) in [5, 5.41) is 12.8. The molecule has 2 aliphatic rings. The van der Waals surface area contributed by atoms with Crippen LogP contribution in [-0.2, 0) is 6.42 Å².